The molecule has 0 amide bonds. The van der Waals surface area contributed by atoms with E-state index >= 15 is 0 Å². The molecule has 3 aromatic heterocycles. The summed E-state index contributed by atoms with van der Waals surface area (Å²) in [6, 6.07) is 6.28. The number of rotatable bonds is 3. The molecule has 0 saturated carbocycles. The Labute approximate surface area is 138 Å². The van der Waals surface area contributed by atoms with Gasteiger partial charge in [-0.1, -0.05) is 5.16 Å². The summed E-state index contributed by atoms with van der Waals surface area (Å²) in [7, 11) is 0. The summed E-state index contributed by atoms with van der Waals surface area (Å²) in [5.74, 6) is -1.46. The topological polar surface area (TPSA) is 86.7 Å². The van der Waals surface area contributed by atoms with E-state index in [4.69, 9.17) is 4.52 Å². The first-order chi connectivity index (χ1) is 12.1. The van der Waals surface area contributed by atoms with Gasteiger partial charge in [-0.25, -0.2) is 18.7 Å². The minimum absolute atomic E-state index is 0.0109. The third kappa shape index (κ3) is 2.75. The van der Waals surface area contributed by atoms with E-state index in [-0.39, 0.29) is 29.4 Å². The molecule has 0 aliphatic heterocycles. The fourth-order valence-electron chi connectivity index (χ4n) is 2.35. The normalized spacial score (nSPS) is 11.1. The van der Waals surface area contributed by atoms with E-state index < -0.39 is 11.6 Å². The molecule has 0 bridgehead atoms. The molecule has 1 aromatic carbocycles. The molecule has 0 aliphatic rings. The molecule has 25 heavy (non-hydrogen) atoms. The predicted molar refractivity (Wildman–Crippen MR) is 82.6 cm³/mol. The van der Waals surface area contributed by atoms with Gasteiger partial charge >= 0.3 is 0 Å². The molecule has 0 radical (unpaired) electrons. The van der Waals surface area contributed by atoms with Crippen LogP contribution in [0.2, 0.25) is 0 Å². The lowest BCUT2D eigenvalue weighted by Crippen LogP contribution is -2.21. The van der Waals surface area contributed by atoms with Crippen molar-refractivity contribution in [3.8, 4) is 11.5 Å². The summed E-state index contributed by atoms with van der Waals surface area (Å²) in [6.07, 6.45) is 2.87. The van der Waals surface area contributed by atoms with E-state index in [0.29, 0.717) is 11.0 Å². The van der Waals surface area contributed by atoms with Crippen molar-refractivity contribution in [2.45, 2.75) is 6.54 Å². The van der Waals surface area contributed by atoms with Gasteiger partial charge in [0.05, 0.1) is 17.5 Å². The summed E-state index contributed by atoms with van der Waals surface area (Å²) >= 11 is 0. The SMILES string of the molecule is O=c1c2cccnc2ncn1Cc1noc(-c2ccc(F)cc2F)n1. The molecule has 124 valence electrons. The summed E-state index contributed by atoms with van der Waals surface area (Å²) in [5, 5.41) is 4.08. The third-order valence-electron chi connectivity index (χ3n) is 3.54. The van der Waals surface area contributed by atoms with Gasteiger partial charge in [0.1, 0.15) is 18.0 Å². The molecule has 4 rings (SSSR count). The lowest BCUT2D eigenvalue weighted by molar-refractivity contribution is 0.417. The lowest BCUT2D eigenvalue weighted by atomic mass is 10.2. The maximum atomic E-state index is 13.8. The van der Waals surface area contributed by atoms with Gasteiger partial charge in [-0.3, -0.25) is 9.36 Å². The van der Waals surface area contributed by atoms with Crippen LogP contribution in [0.1, 0.15) is 5.82 Å². The Hall–Kier alpha value is -3.49. The zero-order valence-corrected chi connectivity index (χ0v) is 12.6. The Morgan fingerprint density at radius 3 is 2.88 bits per heavy atom. The number of hydrogen-bond donors (Lipinski definition) is 0. The zero-order valence-electron chi connectivity index (χ0n) is 12.6. The molecule has 0 saturated heterocycles. The number of aromatic nitrogens is 5. The second-order valence-corrected chi connectivity index (χ2v) is 5.19. The van der Waals surface area contributed by atoms with Gasteiger partial charge in [0, 0.05) is 12.3 Å². The lowest BCUT2D eigenvalue weighted by Gasteiger charge is -2.02. The monoisotopic (exact) mass is 341 g/mol. The number of hydrogen-bond acceptors (Lipinski definition) is 6. The standard InChI is InChI=1S/C16H9F2N5O2/c17-9-3-4-10(12(18)6-9)15-21-13(22-25-15)7-23-8-20-14-11(16(23)24)2-1-5-19-14/h1-6,8H,7H2. The first kappa shape index (κ1) is 15.1. The van der Waals surface area contributed by atoms with Gasteiger partial charge < -0.3 is 4.52 Å². The first-order valence-electron chi connectivity index (χ1n) is 7.20. The van der Waals surface area contributed by atoms with Crippen LogP contribution in [0.15, 0.2) is 52.2 Å². The maximum Gasteiger partial charge on any atom is 0.263 e. The molecule has 0 N–H and O–H groups in total. The van der Waals surface area contributed by atoms with Crippen LogP contribution < -0.4 is 5.56 Å². The van der Waals surface area contributed by atoms with Gasteiger partial charge in [0.15, 0.2) is 11.5 Å². The molecule has 0 aliphatic carbocycles. The van der Waals surface area contributed by atoms with E-state index in [1.54, 1.807) is 18.3 Å². The fraction of sp³-hybridized carbons (Fsp3) is 0.0625. The van der Waals surface area contributed by atoms with Gasteiger partial charge in [-0.2, -0.15) is 4.98 Å². The van der Waals surface area contributed by atoms with Crippen molar-refractivity contribution in [1.82, 2.24) is 24.7 Å². The quantitative estimate of drug-likeness (QED) is 0.568. The van der Waals surface area contributed by atoms with Crippen LogP contribution in [-0.2, 0) is 6.54 Å². The Bertz CT molecular complexity index is 1140. The molecular formula is C16H9F2N5O2. The highest BCUT2D eigenvalue weighted by atomic mass is 19.1. The minimum atomic E-state index is -0.814. The smallest absolute Gasteiger partial charge is 0.263 e. The van der Waals surface area contributed by atoms with Crippen molar-refractivity contribution in [2.24, 2.45) is 0 Å². The number of pyridine rings is 1. The molecule has 0 spiro atoms. The van der Waals surface area contributed by atoms with Gasteiger partial charge in [0.25, 0.3) is 11.4 Å². The number of benzene rings is 1. The van der Waals surface area contributed by atoms with E-state index in [0.717, 1.165) is 12.1 Å². The van der Waals surface area contributed by atoms with Gasteiger partial charge in [-0.05, 0) is 24.3 Å². The summed E-state index contributed by atoms with van der Waals surface area (Å²) in [5.41, 5.74) is 0.0108. The van der Waals surface area contributed by atoms with E-state index in [1.807, 2.05) is 0 Å². The number of fused-ring (bicyclic) bond motifs is 1. The first-order valence-corrected chi connectivity index (χ1v) is 7.20. The zero-order chi connectivity index (χ0) is 17.4. The number of halogens is 2. The Balaban J connectivity index is 1.68. The van der Waals surface area contributed by atoms with Crippen molar-refractivity contribution >= 4 is 11.0 Å². The summed E-state index contributed by atoms with van der Waals surface area (Å²) in [4.78, 5) is 24.5. The van der Waals surface area contributed by atoms with Gasteiger partial charge in [0.2, 0.25) is 0 Å². The van der Waals surface area contributed by atoms with Crippen LogP contribution in [-0.4, -0.2) is 24.7 Å². The second kappa shape index (κ2) is 5.86. The molecule has 0 fully saturated rings. The van der Waals surface area contributed by atoms with E-state index in [1.165, 1.54) is 17.0 Å². The Kier molecular flexibility index (Phi) is 3.53. The predicted octanol–water partition coefficient (Wildman–Crippen LogP) is 2.17. The molecule has 7 nitrogen and oxygen atoms in total. The fourth-order valence-corrected chi connectivity index (χ4v) is 2.35. The molecule has 4 aromatic rings. The van der Waals surface area contributed by atoms with Crippen LogP contribution in [0.4, 0.5) is 8.78 Å². The van der Waals surface area contributed by atoms with Crippen molar-refractivity contribution in [2.75, 3.05) is 0 Å². The van der Waals surface area contributed by atoms with Crippen molar-refractivity contribution < 1.29 is 13.3 Å². The second-order valence-electron chi connectivity index (χ2n) is 5.19. The van der Waals surface area contributed by atoms with E-state index in [2.05, 4.69) is 20.1 Å². The highest BCUT2D eigenvalue weighted by Gasteiger charge is 2.15. The molecule has 9 heteroatoms. The maximum absolute atomic E-state index is 13.8. The average molecular weight is 341 g/mol. The van der Waals surface area contributed by atoms with Crippen molar-refractivity contribution in [1.29, 1.82) is 0 Å². The van der Waals surface area contributed by atoms with Crippen molar-refractivity contribution in [3.05, 3.63) is 70.7 Å². The summed E-state index contributed by atoms with van der Waals surface area (Å²) < 4.78 is 33.0. The minimum Gasteiger partial charge on any atom is -0.334 e. The van der Waals surface area contributed by atoms with Crippen LogP contribution in [0.3, 0.4) is 0 Å². The van der Waals surface area contributed by atoms with Crippen LogP contribution in [0.5, 0.6) is 0 Å². The van der Waals surface area contributed by atoms with Crippen molar-refractivity contribution in [3.63, 3.8) is 0 Å². The van der Waals surface area contributed by atoms with Crippen LogP contribution >= 0.6 is 0 Å². The molecule has 3 heterocycles. The van der Waals surface area contributed by atoms with Crippen LogP contribution in [0, 0.1) is 11.6 Å². The molecule has 0 unspecified atom stereocenters. The van der Waals surface area contributed by atoms with Crippen LogP contribution in [0.25, 0.3) is 22.5 Å². The van der Waals surface area contributed by atoms with Gasteiger partial charge in [-0.15, -0.1) is 0 Å². The highest BCUT2D eigenvalue weighted by molar-refractivity contribution is 5.72. The average Bonchev–Trinajstić information content (AvgIpc) is 3.06. The Morgan fingerprint density at radius 2 is 2.04 bits per heavy atom. The summed E-state index contributed by atoms with van der Waals surface area (Å²) in [6.45, 7) is -0.0109. The highest BCUT2D eigenvalue weighted by Crippen LogP contribution is 2.21. The largest absolute Gasteiger partial charge is 0.334 e. The molecule has 0 atom stereocenters. The molecular weight excluding hydrogens is 332 g/mol. The third-order valence-corrected chi connectivity index (χ3v) is 3.54. The number of nitrogens with zero attached hydrogens (tertiary/aromatic N) is 5. The van der Waals surface area contributed by atoms with E-state index in [9.17, 15) is 13.6 Å². The Morgan fingerprint density at radius 1 is 1.16 bits per heavy atom.